The summed E-state index contributed by atoms with van der Waals surface area (Å²) in [4.78, 5) is 26.3. The number of nitrogens with zero attached hydrogens (tertiary/aromatic N) is 1. The Morgan fingerprint density at radius 1 is 1.25 bits per heavy atom. The van der Waals surface area contributed by atoms with Gasteiger partial charge in [0.15, 0.2) is 0 Å². The third-order valence-electron chi connectivity index (χ3n) is 6.75. The van der Waals surface area contributed by atoms with E-state index >= 15 is 0 Å². The second-order valence-electron chi connectivity index (χ2n) is 7.87. The molecule has 1 aromatic rings. The highest BCUT2D eigenvalue weighted by atomic mass is 16.6. The smallest absolute Gasteiger partial charge is 0.418 e. The van der Waals surface area contributed by atoms with Gasteiger partial charge in [0.05, 0.1) is 6.04 Å². The van der Waals surface area contributed by atoms with Crippen molar-refractivity contribution in [2.45, 2.75) is 45.8 Å². The van der Waals surface area contributed by atoms with Crippen molar-refractivity contribution in [3.8, 4) is 11.8 Å². The van der Waals surface area contributed by atoms with Gasteiger partial charge in [-0.25, -0.2) is 9.69 Å². The van der Waals surface area contributed by atoms with Crippen molar-refractivity contribution < 1.29 is 14.3 Å². The molecule has 3 fully saturated rings. The van der Waals surface area contributed by atoms with Crippen LogP contribution in [0.2, 0.25) is 0 Å². The van der Waals surface area contributed by atoms with Gasteiger partial charge in [0, 0.05) is 17.4 Å². The molecule has 1 aliphatic heterocycles. The first-order valence-corrected chi connectivity index (χ1v) is 8.47. The standard InChI is InChI=1S/C20H21NO3/c1-19(2)14-11-12-20(19,3)17-16(14)24-18(23)21(17)15(22)10-9-13-7-5-4-6-8-13/h4-8,14,16-17H,11-12H2,1-3H3/t14-,16-,17-,20+/m1/s1. The number of rotatable bonds is 0. The van der Waals surface area contributed by atoms with Crippen molar-refractivity contribution >= 4 is 12.0 Å². The molecular weight excluding hydrogens is 302 g/mol. The molecule has 124 valence electrons. The predicted octanol–water partition coefficient (Wildman–Crippen LogP) is 3.21. The zero-order chi connectivity index (χ0) is 17.1. The maximum Gasteiger partial charge on any atom is 0.418 e. The third-order valence-corrected chi connectivity index (χ3v) is 6.75. The quantitative estimate of drug-likeness (QED) is 0.689. The minimum Gasteiger partial charge on any atom is -0.443 e. The highest BCUT2D eigenvalue weighted by Gasteiger charge is 2.72. The normalized spacial score (nSPS) is 35.2. The van der Waals surface area contributed by atoms with Gasteiger partial charge in [-0.3, -0.25) is 4.79 Å². The summed E-state index contributed by atoms with van der Waals surface area (Å²) in [5.74, 6) is 5.33. The van der Waals surface area contributed by atoms with Crippen molar-refractivity contribution in [3.05, 3.63) is 35.9 Å². The van der Waals surface area contributed by atoms with Crippen LogP contribution >= 0.6 is 0 Å². The molecule has 1 heterocycles. The van der Waals surface area contributed by atoms with Crippen molar-refractivity contribution in [1.29, 1.82) is 0 Å². The largest absolute Gasteiger partial charge is 0.443 e. The molecule has 1 saturated heterocycles. The van der Waals surface area contributed by atoms with E-state index in [1.54, 1.807) is 0 Å². The first kappa shape index (κ1) is 15.3. The molecule has 2 bridgehead atoms. The molecule has 0 aromatic heterocycles. The molecule has 4 heteroatoms. The summed E-state index contributed by atoms with van der Waals surface area (Å²) in [5.41, 5.74) is 0.696. The number of fused-ring (bicyclic) bond motifs is 5. The zero-order valence-corrected chi connectivity index (χ0v) is 14.2. The van der Waals surface area contributed by atoms with Crippen LogP contribution in [-0.2, 0) is 9.53 Å². The van der Waals surface area contributed by atoms with Crippen molar-refractivity contribution in [2.75, 3.05) is 0 Å². The zero-order valence-electron chi connectivity index (χ0n) is 14.2. The minimum absolute atomic E-state index is 0.0500. The van der Waals surface area contributed by atoms with E-state index in [9.17, 15) is 9.59 Å². The summed E-state index contributed by atoms with van der Waals surface area (Å²) in [6.07, 6.45) is 1.34. The molecule has 2 saturated carbocycles. The molecule has 4 atom stereocenters. The highest BCUT2D eigenvalue weighted by molar-refractivity contribution is 6.04. The molecule has 0 N–H and O–H groups in total. The van der Waals surface area contributed by atoms with Gasteiger partial charge in [-0.05, 0) is 35.8 Å². The lowest BCUT2D eigenvalue weighted by molar-refractivity contribution is -0.125. The van der Waals surface area contributed by atoms with Gasteiger partial charge >= 0.3 is 12.0 Å². The third kappa shape index (κ3) is 1.81. The molecule has 3 aliphatic rings. The topological polar surface area (TPSA) is 46.6 Å². The Balaban J connectivity index is 1.66. The van der Waals surface area contributed by atoms with Crippen LogP contribution in [-0.4, -0.2) is 29.0 Å². The molecule has 0 radical (unpaired) electrons. The van der Waals surface area contributed by atoms with E-state index in [1.807, 2.05) is 30.3 Å². The summed E-state index contributed by atoms with van der Waals surface area (Å²) < 4.78 is 5.60. The molecule has 24 heavy (non-hydrogen) atoms. The Bertz CT molecular complexity index is 773. The fourth-order valence-corrected chi connectivity index (χ4v) is 5.03. The van der Waals surface area contributed by atoms with Gasteiger partial charge in [-0.2, -0.15) is 0 Å². The van der Waals surface area contributed by atoms with Gasteiger partial charge < -0.3 is 4.74 Å². The number of imide groups is 1. The van der Waals surface area contributed by atoms with Crippen LogP contribution in [0.25, 0.3) is 0 Å². The monoisotopic (exact) mass is 323 g/mol. The van der Waals surface area contributed by atoms with Crippen LogP contribution in [0.4, 0.5) is 4.79 Å². The summed E-state index contributed by atoms with van der Waals surface area (Å²) in [5, 5.41) is 0. The second-order valence-corrected chi connectivity index (χ2v) is 7.87. The Labute approximate surface area is 142 Å². The van der Waals surface area contributed by atoms with Gasteiger partial charge in [0.2, 0.25) is 0 Å². The molecule has 4 nitrogen and oxygen atoms in total. The van der Waals surface area contributed by atoms with E-state index in [0.29, 0.717) is 5.92 Å². The minimum atomic E-state index is -0.536. The molecule has 0 unspecified atom stereocenters. The summed E-state index contributed by atoms with van der Waals surface area (Å²) in [6, 6.07) is 9.12. The van der Waals surface area contributed by atoms with E-state index < -0.39 is 12.0 Å². The Kier molecular flexibility index (Phi) is 3.09. The van der Waals surface area contributed by atoms with Gasteiger partial charge in [0.1, 0.15) is 6.10 Å². The van der Waals surface area contributed by atoms with Crippen LogP contribution in [0.3, 0.4) is 0 Å². The highest BCUT2D eigenvalue weighted by Crippen LogP contribution is 2.68. The van der Waals surface area contributed by atoms with Crippen LogP contribution < -0.4 is 0 Å². The van der Waals surface area contributed by atoms with E-state index in [4.69, 9.17) is 4.74 Å². The fraction of sp³-hybridized carbons (Fsp3) is 0.500. The number of hydrogen-bond acceptors (Lipinski definition) is 3. The van der Waals surface area contributed by atoms with Gasteiger partial charge in [-0.1, -0.05) is 44.9 Å². The number of carbonyl (C=O) groups excluding carboxylic acids is 2. The molecule has 2 amide bonds. The van der Waals surface area contributed by atoms with E-state index in [-0.39, 0.29) is 23.0 Å². The van der Waals surface area contributed by atoms with Crippen LogP contribution in [0.5, 0.6) is 0 Å². The molecule has 0 spiro atoms. The number of carbonyl (C=O) groups is 2. The molecule has 1 aromatic carbocycles. The van der Waals surface area contributed by atoms with E-state index in [0.717, 1.165) is 18.4 Å². The predicted molar refractivity (Wildman–Crippen MR) is 88.8 cm³/mol. The lowest BCUT2D eigenvalue weighted by Crippen LogP contribution is -2.50. The van der Waals surface area contributed by atoms with Gasteiger partial charge in [0.25, 0.3) is 0 Å². The van der Waals surface area contributed by atoms with E-state index in [1.165, 1.54) is 4.90 Å². The maximum absolute atomic E-state index is 12.7. The number of benzene rings is 1. The van der Waals surface area contributed by atoms with Gasteiger partial charge in [-0.15, -0.1) is 0 Å². The lowest BCUT2D eigenvalue weighted by Gasteiger charge is -2.40. The SMILES string of the molecule is CC1(C)[C@@H]2CC[C@@]1(C)[C@H]1[C@@H]2OC(=O)N1C(=O)C#Cc1ccccc1. The summed E-state index contributed by atoms with van der Waals surface area (Å²) in [7, 11) is 0. The van der Waals surface area contributed by atoms with Crippen LogP contribution in [0.15, 0.2) is 30.3 Å². The lowest BCUT2D eigenvalue weighted by atomic mass is 9.69. The maximum atomic E-state index is 12.7. The van der Waals surface area contributed by atoms with Crippen molar-refractivity contribution in [3.63, 3.8) is 0 Å². The molecule has 2 aliphatic carbocycles. The number of ether oxygens (including phenoxy) is 1. The first-order chi connectivity index (χ1) is 11.4. The van der Waals surface area contributed by atoms with Crippen LogP contribution in [0.1, 0.15) is 39.2 Å². The molecule has 4 rings (SSSR count). The summed E-state index contributed by atoms with van der Waals surface area (Å²) in [6.45, 7) is 6.65. The summed E-state index contributed by atoms with van der Waals surface area (Å²) >= 11 is 0. The average Bonchev–Trinajstić information content (AvgIpc) is 3.07. The van der Waals surface area contributed by atoms with Crippen molar-refractivity contribution in [1.82, 2.24) is 4.90 Å². The van der Waals surface area contributed by atoms with Crippen molar-refractivity contribution in [2.24, 2.45) is 16.7 Å². The Morgan fingerprint density at radius 2 is 1.96 bits per heavy atom. The average molecular weight is 323 g/mol. The second kappa shape index (κ2) is 4.86. The number of hydrogen-bond donors (Lipinski definition) is 0. The van der Waals surface area contributed by atoms with E-state index in [2.05, 4.69) is 32.6 Å². The molecular formula is C20H21NO3. The van der Waals surface area contributed by atoms with Crippen LogP contribution in [0, 0.1) is 28.6 Å². The number of amides is 2. The Morgan fingerprint density at radius 3 is 2.67 bits per heavy atom. The Hall–Kier alpha value is -2.28. The first-order valence-electron chi connectivity index (χ1n) is 8.47. The fourth-order valence-electron chi connectivity index (χ4n) is 5.03.